The smallest absolute Gasteiger partial charge is 0.337 e. The van der Waals surface area contributed by atoms with E-state index in [1.807, 2.05) is 0 Å². The summed E-state index contributed by atoms with van der Waals surface area (Å²) in [5.41, 5.74) is -0.100. The van der Waals surface area contributed by atoms with E-state index in [0.717, 1.165) is 6.07 Å². The second-order valence-electron chi connectivity index (χ2n) is 2.57. The van der Waals surface area contributed by atoms with Gasteiger partial charge in [-0.05, 0) is 18.2 Å². The summed E-state index contributed by atoms with van der Waals surface area (Å²) < 4.78 is 29.5. The predicted molar refractivity (Wildman–Crippen MR) is 50.4 cm³/mol. The number of halogens is 3. The molecule has 0 N–H and O–H groups in total. The van der Waals surface area contributed by atoms with Crippen LogP contribution in [0, 0.1) is 0 Å². The second-order valence-corrected chi connectivity index (χ2v) is 3.48. The summed E-state index contributed by atoms with van der Waals surface area (Å²) in [6.07, 6.45) is -2.60. The first kappa shape index (κ1) is 11.1. The van der Waals surface area contributed by atoms with Gasteiger partial charge in [0.1, 0.15) is 0 Å². The molecule has 1 aromatic carbocycles. The molecule has 0 heterocycles. The van der Waals surface area contributed by atoms with Crippen LogP contribution < -0.4 is 0 Å². The molecule has 0 aromatic heterocycles. The standard InChI is InChI=1S/C9H7BrF2O2/c1-14-9(13)6-2-5(8(11)12)3-7(10)4-6/h2-4,8H,1H3. The molecule has 0 saturated carbocycles. The number of hydrogen-bond acceptors (Lipinski definition) is 2. The molecular weight excluding hydrogens is 258 g/mol. The number of carbonyl (C=O) groups excluding carboxylic acids is 1. The molecule has 5 heteroatoms. The maximum Gasteiger partial charge on any atom is 0.337 e. The van der Waals surface area contributed by atoms with Crippen molar-refractivity contribution in [2.75, 3.05) is 7.11 Å². The van der Waals surface area contributed by atoms with Crippen LogP contribution in [0.3, 0.4) is 0 Å². The van der Waals surface area contributed by atoms with Gasteiger partial charge in [0.05, 0.1) is 12.7 Å². The Morgan fingerprint density at radius 1 is 1.43 bits per heavy atom. The Labute approximate surface area is 88.0 Å². The molecule has 0 aliphatic carbocycles. The van der Waals surface area contributed by atoms with Crippen LogP contribution in [-0.2, 0) is 4.74 Å². The monoisotopic (exact) mass is 264 g/mol. The van der Waals surface area contributed by atoms with E-state index >= 15 is 0 Å². The van der Waals surface area contributed by atoms with Crippen molar-refractivity contribution in [1.82, 2.24) is 0 Å². The number of rotatable bonds is 2. The normalized spacial score (nSPS) is 10.4. The van der Waals surface area contributed by atoms with Crippen molar-refractivity contribution < 1.29 is 18.3 Å². The van der Waals surface area contributed by atoms with Gasteiger partial charge in [-0.3, -0.25) is 0 Å². The van der Waals surface area contributed by atoms with Crippen LogP contribution >= 0.6 is 15.9 Å². The number of hydrogen-bond donors (Lipinski definition) is 0. The summed E-state index contributed by atoms with van der Waals surface area (Å²) >= 11 is 3.04. The van der Waals surface area contributed by atoms with Crippen LogP contribution in [0.2, 0.25) is 0 Å². The first-order chi connectivity index (χ1) is 6.54. The molecule has 76 valence electrons. The Kier molecular flexibility index (Phi) is 3.57. The zero-order valence-electron chi connectivity index (χ0n) is 7.26. The van der Waals surface area contributed by atoms with Gasteiger partial charge in [-0.25, -0.2) is 13.6 Å². The minimum absolute atomic E-state index is 0.108. The Morgan fingerprint density at radius 2 is 2.07 bits per heavy atom. The fraction of sp³-hybridized carbons (Fsp3) is 0.222. The van der Waals surface area contributed by atoms with E-state index in [0.29, 0.717) is 4.47 Å². The first-order valence-electron chi connectivity index (χ1n) is 3.71. The second kappa shape index (κ2) is 4.50. The van der Waals surface area contributed by atoms with E-state index in [1.165, 1.54) is 19.2 Å². The highest BCUT2D eigenvalue weighted by molar-refractivity contribution is 9.10. The van der Waals surface area contributed by atoms with Crippen LogP contribution in [0.25, 0.3) is 0 Å². The van der Waals surface area contributed by atoms with Gasteiger partial charge in [0, 0.05) is 10.0 Å². The van der Waals surface area contributed by atoms with Crippen LogP contribution in [0.5, 0.6) is 0 Å². The van der Waals surface area contributed by atoms with Gasteiger partial charge in [-0.15, -0.1) is 0 Å². The molecule has 0 spiro atoms. The SMILES string of the molecule is COC(=O)c1cc(Br)cc(C(F)F)c1. The maximum absolute atomic E-state index is 12.3. The molecule has 0 fully saturated rings. The van der Waals surface area contributed by atoms with Crippen molar-refractivity contribution in [2.24, 2.45) is 0 Å². The average Bonchev–Trinajstić information content (AvgIpc) is 2.15. The molecule has 2 nitrogen and oxygen atoms in total. The molecule has 0 saturated heterocycles. The maximum atomic E-state index is 12.3. The third-order valence-electron chi connectivity index (χ3n) is 1.59. The number of methoxy groups -OCH3 is 1. The highest BCUT2D eigenvalue weighted by Crippen LogP contribution is 2.24. The van der Waals surface area contributed by atoms with Crippen molar-refractivity contribution in [3.05, 3.63) is 33.8 Å². The Hall–Kier alpha value is -0.970. The number of carbonyl (C=O) groups is 1. The molecule has 0 atom stereocenters. The lowest BCUT2D eigenvalue weighted by Gasteiger charge is -2.04. The fourth-order valence-electron chi connectivity index (χ4n) is 0.974. The minimum atomic E-state index is -2.60. The summed E-state index contributed by atoms with van der Waals surface area (Å²) in [5, 5.41) is 0. The van der Waals surface area contributed by atoms with E-state index in [-0.39, 0.29) is 11.1 Å². The van der Waals surface area contributed by atoms with Gasteiger partial charge in [0.2, 0.25) is 0 Å². The molecule has 0 radical (unpaired) electrons. The lowest BCUT2D eigenvalue weighted by atomic mass is 10.1. The Balaban J connectivity index is 3.13. The molecule has 1 aromatic rings. The zero-order chi connectivity index (χ0) is 10.7. The van der Waals surface area contributed by atoms with Gasteiger partial charge in [0.25, 0.3) is 6.43 Å². The van der Waals surface area contributed by atoms with E-state index < -0.39 is 12.4 Å². The molecule has 1 rings (SSSR count). The van der Waals surface area contributed by atoms with Gasteiger partial charge in [-0.2, -0.15) is 0 Å². The summed E-state index contributed by atoms with van der Waals surface area (Å²) in [4.78, 5) is 11.1. The van der Waals surface area contributed by atoms with Crippen molar-refractivity contribution in [1.29, 1.82) is 0 Å². The van der Waals surface area contributed by atoms with E-state index in [4.69, 9.17) is 0 Å². The first-order valence-corrected chi connectivity index (χ1v) is 4.51. The molecular formula is C9H7BrF2O2. The number of esters is 1. The molecule has 0 aliphatic rings. The summed E-state index contributed by atoms with van der Waals surface area (Å²) in [7, 11) is 1.20. The van der Waals surface area contributed by atoms with E-state index in [9.17, 15) is 13.6 Å². The lowest BCUT2D eigenvalue weighted by Crippen LogP contribution is -2.02. The van der Waals surface area contributed by atoms with Crippen LogP contribution in [0.15, 0.2) is 22.7 Å². The number of benzene rings is 1. The van der Waals surface area contributed by atoms with Crippen LogP contribution in [-0.4, -0.2) is 13.1 Å². The van der Waals surface area contributed by atoms with Crippen molar-refractivity contribution in [2.45, 2.75) is 6.43 Å². The Morgan fingerprint density at radius 3 is 2.57 bits per heavy atom. The zero-order valence-corrected chi connectivity index (χ0v) is 8.85. The highest BCUT2D eigenvalue weighted by Gasteiger charge is 2.13. The van der Waals surface area contributed by atoms with Gasteiger partial charge in [-0.1, -0.05) is 15.9 Å². The van der Waals surface area contributed by atoms with Gasteiger partial charge >= 0.3 is 5.97 Å². The van der Waals surface area contributed by atoms with Gasteiger partial charge in [0.15, 0.2) is 0 Å². The summed E-state index contributed by atoms with van der Waals surface area (Å²) in [6.45, 7) is 0. The minimum Gasteiger partial charge on any atom is -0.465 e. The molecule has 0 unspecified atom stereocenters. The average molecular weight is 265 g/mol. The molecule has 0 amide bonds. The summed E-state index contributed by atoms with van der Waals surface area (Å²) in [5.74, 6) is -0.631. The van der Waals surface area contributed by atoms with Crippen molar-refractivity contribution >= 4 is 21.9 Å². The van der Waals surface area contributed by atoms with Crippen LogP contribution in [0.4, 0.5) is 8.78 Å². The van der Waals surface area contributed by atoms with Crippen molar-refractivity contribution in [3.63, 3.8) is 0 Å². The van der Waals surface area contributed by atoms with Gasteiger partial charge < -0.3 is 4.74 Å². The van der Waals surface area contributed by atoms with Crippen molar-refractivity contribution in [3.8, 4) is 0 Å². The lowest BCUT2D eigenvalue weighted by molar-refractivity contribution is 0.0600. The van der Waals surface area contributed by atoms with E-state index in [2.05, 4.69) is 20.7 Å². The third kappa shape index (κ3) is 2.51. The fourth-order valence-corrected chi connectivity index (χ4v) is 1.48. The highest BCUT2D eigenvalue weighted by atomic mass is 79.9. The Bertz CT molecular complexity index is 353. The number of alkyl halides is 2. The molecule has 14 heavy (non-hydrogen) atoms. The largest absolute Gasteiger partial charge is 0.465 e. The predicted octanol–water partition coefficient (Wildman–Crippen LogP) is 3.17. The quantitative estimate of drug-likeness (QED) is 0.767. The molecule has 0 aliphatic heterocycles. The van der Waals surface area contributed by atoms with Crippen LogP contribution in [0.1, 0.15) is 22.3 Å². The molecule has 0 bridgehead atoms. The topological polar surface area (TPSA) is 26.3 Å². The van der Waals surface area contributed by atoms with E-state index in [1.54, 1.807) is 0 Å². The number of ether oxygens (including phenoxy) is 1. The third-order valence-corrected chi connectivity index (χ3v) is 2.05. The summed E-state index contributed by atoms with van der Waals surface area (Å²) in [6, 6.07) is 3.80.